The number of primary amides is 1. The van der Waals surface area contributed by atoms with Crippen LogP contribution in [0.25, 0.3) is 0 Å². The monoisotopic (exact) mass is 202 g/mol. The third kappa shape index (κ3) is 3.61. The zero-order valence-electron chi connectivity index (χ0n) is 8.49. The summed E-state index contributed by atoms with van der Waals surface area (Å²) < 4.78 is 10.6. The minimum atomic E-state index is -0.388. The SMILES string of the molecule is CCNC(COC1CCOC1)C(N)=O. The summed E-state index contributed by atoms with van der Waals surface area (Å²) in [5.74, 6) is -0.370. The van der Waals surface area contributed by atoms with Gasteiger partial charge in [0.1, 0.15) is 6.04 Å². The highest BCUT2D eigenvalue weighted by Gasteiger charge is 2.20. The van der Waals surface area contributed by atoms with Crippen LogP contribution in [0.3, 0.4) is 0 Å². The summed E-state index contributed by atoms with van der Waals surface area (Å²) in [6, 6.07) is -0.388. The highest BCUT2D eigenvalue weighted by atomic mass is 16.5. The van der Waals surface area contributed by atoms with Gasteiger partial charge in [-0.2, -0.15) is 0 Å². The normalized spacial score (nSPS) is 23.6. The van der Waals surface area contributed by atoms with Gasteiger partial charge in [0, 0.05) is 6.61 Å². The zero-order valence-corrected chi connectivity index (χ0v) is 8.49. The largest absolute Gasteiger partial charge is 0.379 e. The van der Waals surface area contributed by atoms with Crippen LogP contribution in [-0.2, 0) is 14.3 Å². The molecule has 0 aromatic carbocycles. The molecule has 0 spiro atoms. The maximum atomic E-state index is 10.9. The van der Waals surface area contributed by atoms with Gasteiger partial charge in [-0.15, -0.1) is 0 Å². The topological polar surface area (TPSA) is 73.6 Å². The zero-order chi connectivity index (χ0) is 10.4. The number of carbonyl (C=O) groups excluding carboxylic acids is 1. The molecule has 14 heavy (non-hydrogen) atoms. The first-order chi connectivity index (χ1) is 6.74. The fourth-order valence-corrected chi connectivity index (χ4v) is 1.36. The second kappa shape index (κ2) is 5.95. The van der Waals surface area contributed by atoms with Crippen LogP contribution in [-0.4, -0.2) is 44.4 Å². The molecule has 0 aromatic heterocycles. The Morgan fingerprint density at radius 1 is 1.79 bits per heavy atom. The number of nitrogens with two attached hydrogens (primary N) is 1. The molecule has 0 aromatic rings. The fraction of sp³-hybridized carbons (Fsp3) is 0.889. The Kier molecular flexibility index (Phi) is 4.86. The molecule has 5 nitrogen and oxygen atoms in total. The highest BCUT2D eigenvalue weighted by Crippen LogP contribution is 2.08. The number of hydrogen-bond acceptors (Lipinski definition) is 4. The maximum absolute atomic E-state index is 10.9. The van der Waals surface area contributed by atoms with E-state index in [0.29, 0.717) is 19.8 Å². The molecule has 2 unspecified atom stereocenters. The number of rotatable bonds is 6. The number of carbonyl (C=O) groups is 1. The predicted molar refractivity (Wildman–Crippen MR) is 51.8 cm³/mol. The van der Waals surface area contributed by atoms with Crippen LogP contribution in [0.15, 0.2) is 0 Å². The molecule has 3 N–H and O–H groups in total. The van der Waals surface area contributed by atoms with Gasteiger partial charge in [0.2, 0.25) is 5.91 Å². The third-order valence-corrected chi connectivity index (χ3v) is 2.18. The molecule has 1 heterocycles. The lowest BCUT2D eigenvalue weighted by Crippen LogP contribution is -2.45. The van der Waals surface area contributed by atoms with Gasteiger partial charge < -0.3 is 20.5 Å². The quantitative estimate of drug-likeness (QED) is 0.594. The molecule has 1 aliphatic rings. The van der Waals surface area contributed by atoms with Crippen LogP contribution in [0.5, 0.6) is 0 Å². The molecule has 1 rings (SSSR count). The number of nitrogens with one attached hydrogen (secondary N) is 1. The van der Waals surface area contributed by atoms with Crippen molar-refractivity contribution in [3.8, 4) is 0 Å². The van der Waals surface area contributed by atoms with Gasteiger partial charge in [-0.1, -0.05) is 6.92 Å². The molecule has 1 saturated heterocycles. The summed E-state index contributed by atoms with van der Waals surface area (Å²) in [6.07, 6.45) is 1.02. The summed E-state index contributed by atoms with van der Waals surface area (Å²) in [4.78, 5) is 10.9. The highest BCUT2D eigenvalue weighted by molar-refractivity contribution is 5.79. The molecule has 5 heteroatoms. The second-order valence-corrected chi connectivity index (χ2v) is 3.33. The van der Waals surface area contributed by atoms with Crippen molar-refractivity contribution in [1.82, 2.24) is 5.32 Å². The Bertz CT molecular complexity index is 181. The molecule has 0 radical (unpaired) electrons. The molecule has 1 fully saturated rings. The Hall–Kier alpha value is -0.650. The first-order valence-corrected chi connectivity index (χ1v) is 4.96. The molecule has 1 amide bonds. The minimum Gasteiger partial charge on any atom is -0.379 e. The van der Waals surface area contributed by atoms with Gasteiger partial charge >= 0.3 is 0 Å². The van der Waals surface area contributed by atoms with Crippen molar-refractivity contribution in [3.05, 3.63) is 0 Å². The van der Waals surface area contributed by atoms with E-state index >= 15 is 0 Å². The van der Waals surface area contributed by atoms with Crippen molar-refractivity contribution in [1.29, 1.82) is 0 Å². The minimum absolute atomic E-state index is 0.121. The van der Waals surface area contributed by atoms with Crippen LogP contribution in [0.2, 0.25) is 0 Å². The van der Waals surface area contributed by atoms with Crippen molar-refractivity contribution in [2.75, 3.05) is 26.4 Å². The van der Waals surface area contributed by atoms with Crippen LogP contribution in [0.1, 0.15) is 13.3 Å². The summed E-state index contributed by atoms with van der Waals surface area (Å²) >= 11 is 0. The van der Waals surface area contributed by atoms with Crippen molar-refractivity contribution < 1.29 is 14.3 Å². The Balaban J connectivity index is 2.21. The van der Waals surface area contributed by atoms with Crippen molar-refractivity contribution >= 4 is 5.91 Å². The average molecular weight is 202 g/mol. The molecule has 0 aliphatic carbocycles. The van der Waals surface area contributed by atoms with Crippen LogP contribution >= 0.6 is 0 Å². The molecular formula is C9H18N2O3. The van der Waals surface area contributed by atoms with E-state index in [2.05, 4.69) is 5.32 Å². The lowest BCUT2D eigenvalue weighted by molar-refractivity contribution is -0.122. The van der Waals surface area contributed by atoms with E-state index in [4.69, 9.17) is 15.2 Å². The van der Waals surface area contributed by atoms with E-state index < -0.39 is 0 Å². The molecule has 2 atom stereocenters. The third-order valence-electron chi connectivity index (χ3n) is 2.18. The smallest absolute Gasteiger partial charge is 0.236 e. The van der Waals surface area contributed by atoms with Gasteiger partial charge in [-0.05, 0) is 13.0 Å². The molecular weight excluding hydrogens is 184 g/mol. The summed E-state index contributed by atoms with van der Waals surface area (Å²) in [7, 11) is 0. The van der Waals surface area contributed by atoms with Crippen molar-refractivity contribution in [2.45, 2.75) is 25.5 Å². The van der Waals surface area contributed by atoms with E-state index in [-0.39, 0.29) is 18.1 Å². The van der Waals surface area contributed by atoms with E-state index in [1.54, 1.807) is 0 Å². The van der Waals surface area contributed by atoms with Gasteiger partial charge in [0.05, 0.1) is 19.3 Å². The summed E-state index contributed by atoms with van der Waals surface area (Å²) in [5, 5.41) is 2.97. The van der Waals surface area contributed by atoms with Crippen LogP contribution in [0, 0.1) is 0 Å². The lowest BCUT2D eigenvalue weighted by atomic mass is 10.3. The summed E-state index contributed by atoms with van der Waals surface area (Å²) in [6.45, 7) is 4.33. The summed E-state index contributed by atoms with van der Waals surface area (Å²) in [5.41, 5.74) is 5.19. The van der Waals surface area contributed by atoms with Gasteiger partial charge in [0.15, 0.2) is 0 Å². The maximum Gasteiger partial charge on any atom is 0.236 e. The second-order valence-electron chi connectivity index (χ2n) is 3.33. The van der Waals surface area contributed by atoms with Crippen LogP contribution in [0.4, 0.5) is 0 Å². The first kappa shape index (κ1) is 11.4. The predicted octanol–water partition coefficient (Wildman–Crippen LogP) is -0.745. The average Bonchev–Trinajstić information content (AvgIpc) is 2.64. The van der Waals surface area contributed by atoms with E-state index in [1.165, 1.54) is 0 Å². The molecule has 0 saturated carbocycles. The van der Waals surface area contributed by atoms with Crippen molar-refractivity contribution in [3.63, 3.8) is 0 Å². The number of ether oxygens (including phenoxy) is 2. The van der Waals surface area contributed by atoms with Gasteiger partial charge in [0.25, 0.3) is 0 Å². The van der Waals surface area contributed by atoms with Gasteiger partial charge in [-0.25, -0.2) is 0 Å². The number of likely N-dealkylation sites (N-methyl/N-ethyl adjacent to an activating group) is 1. The van der Waals surface area contributed by atoms with E-state index in [9.17, 15) is 4.79 Å². The Labute approximate surface area is 83.9 Å². The number of amides is 1. The number of hydrogen-bond donors (Lipinski definition) is 2. The standard InChI is InChI=1S/C9H18N2O3/c1-2-11-8(9(10)12)6-14-7-3-4-13-5-7/h7-8,11H,2-6H2,1H3,(H2,10,12). The molecule has 82 valence electrons. The Morgan fingerprint density at radius 3 is 3.07 bits per heavy atom. The fourth-order valence-electron chi connectivity index (χ4n) is 1.36. The van der Waals surface area contributed by atoms with Crippen molar-refractivity contribution in [2.24, 2.45) is 5.73 Å². The lowest BCUT2D eigenvalue weighted by Gasteiger charge is -2.16. The van der Waals surface area contributed by atoms with E-state index in [0.717, 1.165) is 13.0 Å². The van der Waals surface area contributed by atoms with Gasteiger partial charge in [-0.3, -0.25) is 4.79 Å². The molecule has 0 bridgehead atoms. The molecule has 1 aliphatic heterocycles. The Morgan fingerprint density at radius 2 is 2.57 bits per heavy atom. The van der Waals surface area contributed by atoms with E-state index in [1.807, 2.05) is 6.92 Å². The first-order valence-electron chi connectivity index (χ1n) is 4.96. The van der Waals surface area contributed by atoms with Crippen LogP contribution < -0.4 is 11.1 Å².